The van der Waals surface area contributed by atoms with Crippen LogP contribution in [0.5, 0.6) is 0 Å². The largest absolute Gasteiger partial charge is 0.371 e. The fraction of sp³-hybridized carbons (Fsp3) is 0.333. The van der Waals surface area contributed by atoms with Crippen LogP contribution in [-0.2, 0) is 13.0 Å². The Morgan fingerprint density at radius 3 is 2.73 bits per heavy atom. The van der Waals surface area contributed by atoms with E-state index in [1.165, 1.54) is 0 Å². The molecule has 1 saturated heterocycles. The molecule has 4 aromatic heterocycles. The maximum absolute atomic E-state index is 12.2. The molecule has 4 aromatic rings. The molecule has 0 bridgehead atoms. The second kappa shape index (κ2) is 8.96. The molecular weight excluding hydrogens is 438 g/mol. The molecule has 0 unspecified atom stereocenters. The maximum Gasteiger partial charge on any atom is 0.251 e. The van der Waals surface area contributed by atoms with Gasteiger partial charge in [0.05, 0.1) is 16.7 Å². The lowest BCUT2D eigenvalue weighted by Crippen LogP contribution is -2.46. The number of pyridine rings is 4. The molecule has 1 aliphatic heterocycles. The van der Waals surface area contributed by atoms with Crippen molar-refractivity contribution in [3.63, 3.8) is 0 Å². The summed E-state index contributed by atoms with van der Waals surface area (Å²) in [6.45, 7) is 6.27. The first kappa shape index (κ1) is 21.6. The summed E-state index contributed by atoms with van der Waals surface area (Å²) in [5.74, 6) is 0.724. The van der Waals surface area contributed by atoms with E-state index in [4.69, 9.17) is 11.6 Å². The number of halogens is 1. The normalized spacial score (nSPS) is 14.8. The molecule has 9 heteroatoms. The van der Waals surface area contributed by atoms with Crippen molar-refractivity contribution in [3.05, 3.63) is 63.3 Å². The van der Waals surface area contributed by atoms with Crippen LogP contribution in [0.25, 0.3) is 21.9 Å². The van der Waals surface area contributed by atoms with E-state index in [0.29, 0.717) is 11.6 Å². The van der Waals surface area contributed by atoms with Gasteiger partial charge in [-0.1, -0.05) is 18.5 Å². The highest BCUT2D eigenvalue weighted by atomic mass is 35.5. The van der Waals surface area contributed by atoms with E-state index in [1.54, 1.807) is 6.20 Å². The SMILES string of the molecule is CCc1cc2ncc(CN3CCN(c4cc5ccnc(NC)c5nc4Cl)CC3)cc2[nH]c1=O. The molecule has 2 N–H and O–H groups in total. The highest BCUT2D eigenvalue weighted by Gasteiger charge is 2.21. The van der Waals surface area contributed by atoms with E-state index in [0.717, 1.165) is 77.3 Å². The van der Waals surface area contributed by atoms with E-state index >= 15 is 0 Å². The van der Waals surface area contributed by atoms with Crippen molar-refractivity contribution in [2.75, 3.05) is 43.4 Å². The van der Waals surface area contributed by atoms with E-state index in [-0.39, 0.29) is 5.56 Å². The van der Waals surface area contributed by atoms with Crippen LogP contribution >= 0.6 is 11.6 Å². The van der Waals surface area contributed by atoms with Gasteiger partial charge in [-0.2, -0.15) is 0 Å². The zero-order valence-electron chi connectivity index (χ0n) is 18.7. The molecule has 0 aliphatic carbocycles. The Morgan fingerprint density at radius 1 is 1.15 bits per heavy atom. The van der Waals surface area contributed by atoms with Crippen molar-refractivity contribution in [1.82, 2.24) is 24.8 Å². The first-order valence-corrected chi connectivity index (χ1v) is 11.5. The van der Waals surface area contributed by atoms with E-state index in [1.807, 2.05) is 38.4 Å². The number of nitrogens with zero attached hydrogens (tertiary/aromatic N) is 5. The number of aromatic amines is 1. The van der Waals surface area contributed by atoms with Gasteiger partial charge < -0.3 is 15.2 Å². The summed E-state index contributed by atoms with van der Waals surface area (Å²) in [6, 6.07) is 7.97. The minimum Gasteiger partial charge on any atom is -0.371 e. The highest BCUT2D eigenvalue weighted by Crippen LogP contribution is 2.31. The summed E-state index contributed by atoms with van der Waals surface area (Å²) in [5.41, 5.74) is 5.17. The van der Waals surface area contributed by atoms with E-state index in [9.17, 15) is 4.79 Å². The van der Waals surface area contributed by atoms with Crippen LogP contribution in [0.3, 0.4) is 0 Å². The number of aryl methyl sites for hydroxylation is 1. The smallest absolute Gasteiger partial charge is 0.251 e. The Hall–Kier alpha value is -3.23. The van der Waals surface area contributed by atoms with E-state index < -0.39 is 0 Å². The maximum atomic E-state index is 12.2. The van der Waals surface area contributed by atoms with Gasteiger partial charge in [-0.25, -0.2) is 9.97 Å². The van der Waals surface area contributed by atoms with Crippen LogP contribution in [0.4, 0.5) is 11.5 Å². The number of fused-ring (bicyclic) bond motifs is 2. The zero-order valence-corrected chi connectivity index (χ0v) is 19.5. The van der Waals surface area contributed by atoms with Gasteiger partial charge in [0.15, 0.2) is 11.0 Å². The molecule has 0 radical (unpaired) electrons. The second-order valence-corrected chi connectivity index (χ2v) is 8.65. The number of hydrogen-bond donors (Lipinski definition) is 2. The fourth-order valence-electron chi connectivity index (χ4n) is 4.39. The first-order valence-electron chi connectivity index (χ1n) is 11.2. The number of piperazine rings is 1. The summed E-state index contributed by atoms with van der Waals surface area (Å²) in [5, 5.41) is 4.58. The summed E-state index contributed by atoms with van der Waals surface area (Å²) in [6.07, 6.45) is 4.38. The molecule has 5 heterocycles. The fourth-order valence-corrected chi connectivity index (χ4v) is 4.65. The van der Waals surface area contributed by atoms with Crippen molar-refractivity contribution < 1.29 is 0 Å². The second-order valence-electron chi connectivity index (χ2n) is 8.30. The summed E-state index contributed by atoms with van der Waals surface area (Å²) in [7, 11) is 1.83. The molecule has 33 heavy (non-hydrogen) atoms. The summed E-state index contributed by atoms with van der Waals surface area (Å²) >= 11 is 6.56. The summed E-state index contributed by atoms with van der Waals surface area (Å²) in [4.78, 5) is 33.3. The molecule has 0 atom stereocenters. The molecule has 0 aromatic carbocycles. The number of aromatic nitrogens is 4. The van der Waals surface area contributed by atoms with Gasteiger partial charge >= 0.3 is 0 Å². The predicted octanol–water partition coefficient (Wildman–Crippen LogP) is 3.45. The van der Waals surface area contributed by atoms with Gasteiger partial charge in [-0.3, -0.25) is 14.7 Å². The lowest BCUT2D eigenvalue weighted by molar-refractivity contribution is 0.249. The number of H-pyrrole nitrogens is 1. The molecular formula is C24H26ClN7O. The van der Waals surface area contributed by atoms with Crippen LogP contribution in [0.15, 0.2) is 41.5 Å². The zero-order chi connectivity index (χ0) is 22.9. The number of hydrogen-bond acceptors (Lipinski definition) is 7. The van der Waals surface area contributed by atoms with Gasteiger partial charge in [0, 0.05) is 63.1 Å². The Labute approximate surface area is 196 Å². The van der Waals surface area contributed by atoms with Crippen molar-refractivity contribution in [1.29, 1.82) is 0 Å². The molecule has 0 spiro atoms. The van der Waals surface area contributed by atoms with Crippen molar-refractivity contribution >= 4 is 45.0 Å². The topological polar surface area (TPSA) is 90.0 Å². The van der Waals surface area contributed by atoms with Crippen LogP contribution in [-0.4, -0.2) is 58.1 Å². The summed E-state index contributed by atoms with van der Waals surface area (Å²) < 4.78 is 0. The minimum atomic E-state index is -0.0314. The molecule has 1 aliphatic rings. The highest BCUT2D eigenvalue weighted by molar-refractivity contribution is 6.32. The third-order valence-corrected chi connectivity index (χ3v) is 6.51. The molecule has 0 saturated carbocycles. The van der Waals surface area contributed by atoms with Crippen LogP contribution in [0.2, 0.25) is 5.15 Å². The van der Waals surface area contributed by atoms with Gasteiger partial charge in [-0.05, 0) is 36.2 Å². The van der Waals surface area contributed by atoms with Crippen molar-refractivity contribution in [2.24, 2.45) is 0 Å². The third kappa shape index (κ3) is 4.24. The molecule has 8 nitrogen and oxygen atoms in total. The number of rotatable bonds is 5. The number of nitrogens with one attached hydrogen (secondary N) is 2. The monoisotopic (exact) mass is 463 g/mol. The minimum absolute atomic E-state index is 0.0314. The van der Waals surface area contributed by atoms with E-state index in [2.05, 4.69) is 41.1 Å². The molecule has 1 fully saturated rings. The Kier molecular flexibility index (Phi) is 5.86. The molecule has 5 rings (SSSR count). The van der Waals surface area contributed by atoms with Crippen LogP contribution in [0, 0.1) is 0 Å². The Morgan fingerprint density at radius 2 is 1.97 bits per heavy atom. The Bertz CT molecular complexity index is 1380. The number of anilines is 2. The van der Waals surface area contributed by atoms with Gasteiger partial charge in [-0.15, -0.1) is 0 Å². The Balaban J connectivity index is 1.29. The van der Waals surface area contributed by atoms with Crippen LogP contribution < -0.4 is 15.8 Å². The predicted molar refractivity (Wildman–Crippen MR) is 133 cm³/mol. The van der Waals surface area contributed by atoms with Crippen molar-refractivity contribution in [3.8, 4) is 0 Å². The third-order valence-electron chi connectivity index (χ3n) is 6.23. The van der Waals surface area contributed by atoms with Gasteiger partial charge in [0.1, 0.15) is 5.52 Å². The quantitative estimate of drug-likeness (QED) is 0.438. The average molecular weight is 464 g/mol. The lowest BCUT2D eigenvalue weighted by atomic mass is 10.1. The van der Waals surface area contributed by atoms with Gasteiger partial charge in [0.25, 0.3) is 5.56 Å². The lowest BCUT2D eigenvalue weighted by Gasteiger charge is -2.36. The average Bonchev–Trinajstić information content (AvgIpc) is 2.83. The van der Waals surface area contributed by atoms with Gasteiger partial charge in [0.2, 0.25) is 0 Å². The van der Waals surface area contributed by atoms with Crippen LogP contribution in [0.1, 0.15) is 18.1 Å². The standard InChI is InChI=1S/C24H26ClN7O/c1-3-16-11-18-19(29-24(16)33)10-15(13-28-18)14-31-6-8-32(9-7-31)20-12-17-4-5-27-23(26-2)21(17)30-22(20)25/h4-5,10-13H,3,6-9,14H2,1-2H3,(H,26,27)(H,29,33). The molecule has 170 valence electrons. The first-order chi connectivity index (χ1) is 16.1. The molecule has 0 amide bonds. The van der Waals surface area contributed by atoms with Crippen molar-refractivity contribution in [2.45, 2.75) is 19.9 Å².